The van der Waals surface area contributed by atoms with E-state index in [-0.39, 0.29) is 29.8 Å². The summed E-state index contributed by atoms with van der Waals surface area (Å²) >= 11 is 0. The van der Waals surface area contributed by atoms with Gasteiger partial charge in [0.15, 0.2) is 0 Å². The maximum Gasteiger partial charge on any atom is 0.309 e. The number of rotatable bonds is 0. The number of fused-ring (bicyclic) bond motifs is 3. The van der Waals surface area contributed by atoms with Gasteiger partial charge in [-0.05, 0) is 30.9 Å². The van der Waals surface area contributed by atoms with E-state index in [0.29, 0.717) is 12.8 Å². The van der Waals surface area contributed by atoms with Crippen LogP contribution in [-0.4, -0.2) is 34.5 Å². The predicted molar refractivity (Wildman–Crippen MR) is 69.1 cm³/mol. The average Bonchev–Trinajstić information content (AvgIpc) is 2.77. The Hall–Kier alpha value is -1.13. The van der Waals surface area contributed by atoms with E-state index in [1.165, 1.54) is 0 Å². The minimum atomic E-state index is -0.587. The summed E-state index contributed by atoms with van der Waals surface area (Å²) in [5.74, 6) is -0.513. The summed E-state index contributed by atoms with van der Waals surface area (Å²) in [6.07, 6.45) is -0.360. The third kappa shape index (κ3) is 1.70. The molecule has 0 spiro atoms. The predicted octanol–water partition coefficient (Wildman–Crippen LogP) is 1.18. The highest BCUT2D eigenvalue weighted by atomic mass is 16.6. The fourth-order valence-corrected chi connectivity index (χ4v) is 3.80. The van der Waals surface area contributed by atoms with E-state index in [4.69, 9.17) is 4.74 Å². The van der Waals surface area contributed by atoms with Crippen LogP contribution in [0.25, 0.3) is 0 Å². The molecule has 4 nitrogen and oxygen atoms in total. The smallest absolute Gasteiger partial charge is 0.309 e. The third-order valence-electron chi connectivity index (χ3n) is 5.13. The van der Waals surface area contributed by atoms with Crippen LogP contribution in [0.15, 0.2) is 23.3 Å². The third-order valence-corrected chi connectivity index (χ3v) is 5.13. The summed E-state index contributed by atoms with van der Waals surface area (Å²) < 4.78 is 5.53. The highest BCUT2D eigenvalue weighted by Crippen LogP contribution is 2.50. The number of hydrogen-bond donors (Lipinski definition) is 2. The molecule has 0 radical (unpaired) electrons. The van der Waals surface area contributed by atoms with Crippen LogP contribution >= 0.6 is 0 Å². The zero-order chi connectivity index (χ0) is 13.9. The topological polar surface area (TPSA) is 66.8 Å². The molecule has 2 aliphatic carbocycles. The van der Waals surface area contributed by atoms with Gasteiger partial charge >= 0.3 is 5.97 Å². The molecule has 19 heavy (non-hydrogen) atoms. The standard InChI is InChI=1S/C15H20O4/c1-6-9-4-12(17)8(3)13(9)14-10(5-11(6)16)7(2)15(18)19-14/h7,10-14,16-17H,3-5H2,1-2H3. The van der Waals surface area contributed by atoms with Crippen LogP contribution in [0.1, 0.15) is 26.7 Å². The second kappa shape index (κ2) is 4.18. The Balaban J connectivity index is 2.07. The van der Waals surface area contributed by atoms with Gasteiger partial charge in [0.2, 0.25) is 0 Å². The van der Waals surface area contributed by atoms with E-state index in [1.807, 2.05) is 13.8 Å². The lowest BCUT2D eigenvalue weighted by Gasteiger charge is -2.24. The number of hydrogen-bond acceptors (Lipinski definition) is 4. The molecule has 1 saturated carbocycles. The number of aliphatic hydroxyl groups excluding tert-OH is 2. The first kappa shape index (κ1) is 12.9. The van der Waals surface area contributed by atoms with Crippen molar-refractivity contribution in [3.8, 4) is 0 Å². The Morgan fingerprint density at radius 1 is 1.32 bits per heavy atom. The van der Waals surface area contributed by atoms with Gasteiger partial charge in [0.25, 0.3) is 0 Å². The van der Waals surface area contributed by atoms with E-state index in [9.17, 15) is 15.0 Å². The van der Waals surface area contributed by atoms with Crippen LogP contribution in [-0.2, 0) is 9.53 Å². The van der Waals surface area contributed by atoms with E-state index in [2.05, 4.69) is 6.58 Å². The van der Waals surface area contributed by atoms with Crippen molar-refractivity contribution in [2.75, 3.05) is 0 Å². The quantitative estimate of drug-likeness (QED) is 0.509. The molecule has 0 aromatic rings. The molecular weight excluding hydrogens is 244 g/mol. The number of aliphatic hydroxyl groups is 2. The van der Waals surface area contributed by atoms with Crippen LogP contribution in [0.4, 0.5) is 0 Å². The van der Waals surface area contributed by atoms with E-state index in [1.54, 1.807) is 0 Å². The molecule has 6 unspecified atom stereocenters. The van der Waals surface area contributed by atoms with Gasteiger partial charge in [-0.3, -0.25) is 4.79 Å². The van der Waals surface area contributed by atoms with Crippen LogP contribution in [0, 0.1) is 17.8 Å². The Kier molecular flexibility index (Phi) is 2.84. The second-order valence-electron chi connectivity index (χ2n) is 6.09. The molecule has 0 aromatic carbocycles. The van der Waals surface area contributed by atoms with Crippen LogP contribution in [0.3, 0.4) is 0 Å². The largest absolute Gasteiger partial charge is 0.461 e. The maximum absolute atomic E-state index is 11.8. The summed E-state index contributed by atoms with van der Waals surface area (Å²) in [5.41, 5.74) is 2.65. The monoisotopic (exact) mass is 264 g/mol. The Morgan fingerprint density at radius 3 is 2.68 bits per heavy atom. The molecule has 0 amide bonds. The zero-order valence-corrected chi connectivity index (χ0v) is 11.3. The van der Waals surface area contributed by atoms with Crippen molar-refractivity contribution in [1.82, 2.24) is 0 Å². The van der Waals surface area contributed by atoms with E-state index >= 15 is 0 Å². The fourth-order valence-electron chi connectivity index (χ4n) is 3.80. The minimum absolute atomic E-state index is 0.00185. The van der Waals surface area contributed by atoms with Crippen molar-refractivity contribution >= 4 is 5.97 Å². The average molecular weight is 264 g/mol. The van der Waals surface area contributed by atoms with Gasteiger partial charge in [0.05, 0.1) is 18.1 Å². The number of carbonyl (C=O) groups is 1. The molecule has 6 atom stereocenters. The molecule has 3 aliphatic rings. The van der Waals surface area contributed by atoms with Crippen molar-refractivity contribution < 1.29 is 19.7 Å². The molecule has 1 aliphatic heterocycles. The van der Waals surface area contributed by atoms with Gasteiger partial charge in [0, 0.05) is 11.8 Å². The molecule has 2 N–H and O–H groups in total. The maximum atomic E-state index is 11.8. The Morgan fingerprint density at radius 2 is 2.00 bits per heavy atom. The first-order valence-corrected chi connectivity index (χ1v) is 6.86. The molecule has 2 fully saturated rings. The molecule has 3 rings (SSSR count). The Labute approximate surface area is 112 Å². The Bertz CT molecular complexity index is 479. The number of carbonyl (C=O) groups excluding carboxylic acids is 1. The summed E-state index contributed by atoms with van der Waals surface area (Å²) in [6.45, 7) is 7.74. The summed E-state index contributed by atoms with van der Waals surface area (Å²) in [7, 11) is 0. The lowest BCUT2D eigenvalue weighted by molar-refractivity contribution is -0.144. The molecular formula is C15H20O4. The van der Waals surface area contributed by atoms with Crippen LogP contribution in [0.5, 0.6) is 0 Å². The van der Waals surface area contributed by atoms with Gasteiger partial charge in [0.1, 0.15) is 6.10 Å². The van der Waals surface area contributed by atoms with Gasteiger partial charge < -0.3 is 14.9 Å². The summed E-state index contributed by atoms with van der Waals surface area (Å²) in [6, 6.07) is 0. The second-order valence-corrected chi connectivity index (χ2v) is 6.09. The lowest BCUT2D eigenvalue weighted by Crippen LogP contribution is -2.29. The SMILES string of the molecule is C=C1C(O)CC2=C(C)C(O)CC3C(C)C(=O)OC3C12. The molecule has 1 saturated heterocycles. The van der Waals surface area contributed by atoms with Crippen LogP contribution in [0.2, 0.25) is 0 Å². The van der Waals surface area contributed by atoms with Crippen molar-refractivity contribution in [2.45, 2.75) is 45.0 Å². The molecule has 1 heterocycles. The van der Waals surface area contributed by atoms with Crippen molar-refractivity contribution in [3.05, 3.63) is 23.3 Å². The first-order chi connectivity index (χ1) is 8.91. The zero-order valence-electron chi connectivity index (χ0n) is 11.3. The van der Waals surface area contributed by atoms with Gasteiger partial charge in [-0.1, -0.05) is 19.1 Å². The van der Waals surface area contributed by atoms with Crippen LogP contribution < -0.4 is 0 Å². The van der Waals surface area contributed by atoms with Gasteiger partial charge in [-0.2, -0.15) is 0 Å². The summed E-state index contributed by atoms with van der Waals surface area (Å²) in [4.78, 5) is 11.8. The van der Waals surface area contributed by atoms with Gasteiger partial charge in [-0.15, -0.1) is 0 Å². The summed E-state index contributed by atoms with van der Waals surface area (Å²) in [5, 5.41) is 20.3. The van der Waals surface area contributed by atoms with E-state index in [0.717, 1.165) is 16.7 Å². The van der Waals surface area contributed by atoms with E-state index < -0.39 is 12.2 Å². The minimum Gasteiger partial charge on any atom is -0.461 e. The lowest BCUT2D eigenvalue weighted by atomic mass is 9.81. The van der Waals surface area contributed by atoms with Crippen molar-refractivity contribution in [1.29, 1.82) is 0 Å². The van der Waals surface area contributed by atoms with Gasteiger partial charge in [-0.25, -0.2) is 0 Å². The highest BCUT2D eigenvalue weighted by molar-refractivity contribution is 5.75. The highest BCUT2D eigenvalue weighted by Gasteiger charge is 2.52. The molecule has 0 bridgehead atoms. The normalized spacial score (nSPS) is 45.9. The number of ether oxygens (including phenoxy) is 1. The fraction of sp³-hybridized carbons (Fsp3) is 0.667. The number of esters is 1. The van der Waals surface area contributed by atoms with Crippen molar-refractivity contribution in [3.63, 3.8) is 0 Å². The first-order valence-electron chi connectivity index (χ1n) is 6.86. The molecule has 4 heteroatoms. The van der Waals surface area contributed by atoms with Crippen molar-refractivity contribution in [2.24, 2.45) is 17.8 Å². The molecule has 0 aromatic heterocycles. The molecule has 104 valence electrons.